The van der Waals surface area contributed by atoms with E-state index in [1.165, 1.54) is 4.90 Å². The summed E-state index contributed by atoms with van der Waals surface area (Å²) in [6, 6.07) is 15.0. The van der Waals surface area contributed by atoms with E-state index in [1.807, 2.05) is 35.2 Å². The molecule has 2 aliphatic carbocycles. The predicted molar refractivity (Wildman–Crippen MR) is 182 cm³/mol. The van der Waals surface area contributed by atoms with Crippen LogP contribution in [-0.2, 0) is 16.8 Å². The SMILES string of the molecule is COc1c(-c2ccc3c(c2)C2(CC2)CN(Cc2cccc(C(=O)N(C)C)n2)C3=O)ccnc1Nc1cc(NC(=O)C2CC2)nn2ccnc12. The molecular weight excluding hydrogens is 622 g/mol. The van der Waals surface area contributed by atoms with Crippen LogP contribution >= 0.6 is 0 Å². The Balaban J connectivity index is 1.09. The fourth-order valence-corrected chi connectivity index (χ4v) is 6.59. The van der Waals surface area contributed by atoms with E-state index in [1.54, 1.807) is 56.4 Å². The molecule has 1 aromatic carbocycles. The maximum absolute atomic E-state index is 13.9. The van der Waals surface area contributed by atoms with Crippen LogP contribution in [0.3, 0.4) is 0 Å². The number of imidazole rings is 1. The van der Waals surface area contributed by atoms with Gasteiger partial charge < -0.3 is 25.2 Å². The van der Waals surface area contributed by atoms with Crippen molar-refractivity contribution in [2.75, 3.05) is 38.4 Å². The molecule has 0 radical (unpaired) electrons. The van der Waals surface area contributed by atoms with Crippen molar-refractivity contribution in [1.82, 2.24) is 34.4 Å². The molecule has 248 valence electrons. The number of carbonyl (C=O) groups is 3. The summed E-state index contributed by atoms with van der Waals surface area (Å²) in [6.45, 7) is 0.909. The van der Waals surface area contributed by atoms with Gasteiger partial charge in [0, 0.05) is 67.8 Å². The monoisotopic (exact) mass is 657 g/mol. The quantitative estimate of drug-likeness (QED) is 0.231. The van der Waals surface area contributed by atoms with Crippen LogP contribution in [-0.4, -0.2) is 79.8 Å². The van der Waals surface area contributed by atoms with Crippen molar-refractivity contribution >= 4 is 40.7 Å². The summed E-state index contributed by atoms with van der Waals surface area (Å²) in [5.41, 5.74) is 5.51. The van der Waals surface area contributed by atoms with Crippen LogP contribution in [0.1, 0.15) is 57.8 Å². The highest BCUT2D eigenvalue weighted by molar-refractivity contribution is 5.99. The molecule has 1 aliphatic heterocycles. The summed E-state index contributed by atoms with van der Waals surface area (Å²) in [5, 5.41) is 10.8. The molecule has 5 aromatic rings. The van der Waals surface area contributed by atoms with Gasteiger partial charge in [-0.05, 0) is 67.1 Å². The van der Waals surface area contributed by atoms with Crippen LogP contribution in [0.5, 0.6) is 5.75 Å². The van der Waals surface area contributed by atoms with Crippen molar-refractivity contribution in [3.05, 3.63) is 89.6 Å². The second kappa shape index (κ2) is 11.7. The summed E-state index contributed by atoms with van der Waals surface area (Å²) in [4.78, 5) is 55.8. The highest BCUT2D eigenvalue weighted by Crippen LogP contribution is 2.53. The number of nitrogens with one attached hydrogen (secondary N) is 2. The standard InChI is InChI=1S/C36H35N9O4/c1-43(2)35(48)27-6-4-5-23(39-27)19-44-20-36(12-13-36)26-17-22(9-10-25(26)34(44)47)24-11-14-37-31(30(24)49-3)40-28-18-29(41-33(46)21-7-8-21)42-45-16-15-38-32(28)45/h4-6,9-11,14-18,21H,7-8,12-13,19-20H2,1-3H3,(H,37,40)(H,41,42,46). The number of amides is 3. The summed E-state index contributed by atoms with van der Waals surface area (Å²) < 4.78 is 7.55. The fraction of sp³-hybridized carbons (Fsp3) is 0.306. The van der Waals surface area contributed by atoms with Crippen molar-refractivity contribution in [1.29, 1.82) is 0 Å². The van der Waals surface area contributed by atoms with E-state index >= 15 is 0 Å². The Kier molecular flexibility index (Phi) is 7.27. The van der Waals surface area contributed by atoms with Crippen LogP contribution < -0.4 is 15.4 Å². The Bertz CT molecular complexity index is 2150. The summed E-state index contributed by atoms with van der Waals surface area (Å²) in [5.74, 6) is 1.17. The predicted octanol–water partition coefficient (Wildman–Crippen LogP) is 4.68. The number of aromatic nitrogens is 5. The zero-order chi connectivity index (χ0) is 33.9. The molecule has 0 atom stereocenters. The smallest absolute Gasteiger partial charge is 0.271 e. The minimum Gasteiger partial charge on any atom is -0.492 e. The lowest BCUT2D eigenvalue weighted by Crippen LogP contribution is -2.43. The zero-order valence-electron chi connectivity index (χ0n) is 27.4. The van der Waals surface area contributed by atoms with Gasteiger partial charge in [-0.1, -0.05) is 12.1 Å². The van der Waals surface area contributed by atoms with Gasteiger partial charge in [-0.2, -0.15) is 0 Å². The summed E-state index contributed by atoms with van der Waals surface area (Å²) >= 11 is 0. The van der Waals surface area contributed by atoms with Gasteiger partial charge in [-0.25, -0.2) is 19.5 Å². The third-order valence-electron chi connectivity index (χ3n) is 9.47. The maximum atomic E-state index is 13.9. The maximum Gasteiger partial charge on any atom is 0.271 e. The Labute approximate surface area is 282 Å². The normalized spacial score (nSPS) is 16.0. The Hall–Kier alpha value is -5.85. The molecule has 2 saturated carbocycles. The first kappa shape index (κ1) is 30.5. The molecule has 13 nitrogen and oxygen atoms in total. The number of pyridine rings is 2. The van der Waals surface area contributed by atoms with Gasteiger partial charge in [0.25, 0.3) is 11.8 Å². The van der Waals surface area contributed by atoms with E-state index in [4.69, 9.17) is 4.74 Å². The van der Waals surface area contributed by atoms with E-state index in [9.17, 15) is 14.4 Å². The number of carbonyl (C=O) groups excluding carboxylic acids is 3. The minimum absolute atomic E-state index is 0.0361. The molecule has 0 unspecified atom stereocenters. The molecule has 13 heteroatoms. The Morgan fingerprint density at radius 2 is 1.88 bits per heavy atom. The van der Waals surface area contributed by atoms with Crippen molar-refractivity contribution in [2.45, 2.75) is 37.6 Å². The first-order valence-corrected chi connectivity index (χ1v) is 16.3. The lowest BCUT2D eigenvalue weighted by atomic mass is 9.84. The summed E-state index contributed by atoms with van der Waals surface area (Å²) in [7, 11) is 4.99. The molecule has 49 heavy (non-hydrogen) atoms. The molecule has 4 aromatic heterocycles. The van der Waals surface area contributed by atoms with Crippen LogP contribution in [0.4, 0.5) is 17.3 Å². The Morgan fingerprint density at radius 1 is 1.04 bits per heavy atom. The average molecular weight is 658 g/mol. The van der Waals surface area contributed by atoms with Gasteiger partial charge in [0.05, 0.1) is 25.0 Å². The van der Waals surface area contributed by atoms with Gasteiger partial charge in [0.15, 0.2) is 23.0 Å². The van der Waals surface area contributed by atoms with Gasteiger partial charge >= 0.3 is 0 Å². The van der Waals surface area contributed by atoms with E-state index in [2.05, 4.69) is 36.8 Å². The molecule has 2 N–H and O–H groups in total. The number of ether oxygens (including phenoxy) is 1. The van der Waals surface area contributed by atoms with Gasteiger partial charge in [-0.15, -0.1) is 5.10 Å². The second-order valence-electron chi connectivity index (χ2n) is 13.2. The lowest BCUT2D eigenvalue weighted by Gasteiger charge is -2.35. The van der Waals surface area contributed by atoms with E-state index in [-0.39, 0.29) is 29.1 Å². The van der Waals surface area contributed by atoms with Crippen molar-refractivity contribution < 1.29 is 19.1 Å². The Morgan fingerprint density at radius 3 is 2.63 bits per heavy atom. The number of benzene rings is 1. The number of hydrogen-bond acceptors (Lipinski definition) is 9. The van der Waals surface area contributed by atoms with Gasteiger partial charge in [0.2, 0.25) is 5.91 Å². The average Bonchev–Trinajstić information content (AvgIpc) is 4.04. The largest absolute Gasteiger partial charge is 0.492 e. The van der Waals surface area contributed by atoms with Crippen LogP contribution in [0.2, 0.25) is 0 Å². The number of rotatable bonds is 9. The van der Waals surface area contributed by atoms with Gasteiger partial charge in [-0.3, -0.25) is 14.4 Å². The number of nitrogens with zero attached hydrogens (tertiary/aromatic N) is 7. The van der Waals surface area contributed by atoms with E-state index in [0.29, 0.717) is 58.8 Å². The molecule has 5 heterocycles. The molecule has 8 rings (SSSR count). The van der Waals surface area contributed by atoms with E-state index in [0.717, 1.165) is 42.4 Å². The minimum atomic E-state index is -0.175. The van der Waals surface area contributed by atoms with Crippen LogP contribution in [0.15, 0.2) is 67.1 Å². The first-order valence-electron chi connectivity index (χ1n) is 16.3. The molecule has 1 spiro atoms. The molecule has 0 saturated heterocycles. The van der Waals surface area contributed by atoms with E-state index < -0.39 is 0 Å². The third kappa shape index (κ3) is 5.60. The number of hydrogen-bond donors (Lipinski definition) is 2. The number of anilines is 3. The molecule has 2 fully saturated rings. The topological polar surface area (TPSA) is 147 Å². The second-order valence-corrected chi connectivity index (χ2v) is 13.2. The van der Waals surface area contributed by atoms with Crippen molar-refractivity contribution in [3.63, 3.8) is 0 Å². The van der Waals surface area contributed by atoms with Crippen LogP contribution in [0.25, 0.3) is 16.8 Å². The van der Waals surface area contributed by atoms with Crippen molar-refractivity contribution in [3.8, 4) is 16.9 Å². The number of methoxy groups -OCH3 is 1. The molecule has 3 amide bonds. The highest BCUT2D eigenvalue weighted by Gasteiger charge is 2.51. The fourth-order valence-electron chi connectivity index (χ4n) is 6.59. The van der Waals surface area contributed by atoms with Gasteiger partial charge in [0.1, 0.15) is 5.69 Å². The van der Waals surface area contributed by atoms with Crippen molar-refractivity contribution in [2.24, 2.45) is 5.92 Å². The molecule has 0 bridgehead atoms. The molecule has 3 aliphatic rings. The number of fused-ring (bicyclic) bond motifs is 3. The zero-order valence-corrected chi connectivity index (χ0v) is 27.4. The van der Waals surface area contributed by atoms with Crippen LogP contribution in [0, 0.1) is 5.92 Å². The summed E-state index contributed by atoms with van der Waals surface area (Å²) in [6.07, 6.45) is 8.80. The molecular formula is C36H35N9O4. The highest BCUT2D eigenvalue weighted by atomic mass is 16.5. The third-order valence-corrected chi connectivity index (χ3v) is 9.47. The lowest BCUT2D eigenvalue weighted by molar-refractivity contribution is -0.117. The first-order chi connectivity index (χ1) is 23.7.